The molecule has 1 aromatic carbocycles. The van der Waals surface area contributed by atoms with Gasteiger partial charge in [-0.3, -0.25) is 4.79 Å². The highest BCUT2D eigenvalue weighted by Gasteiger charge is 2.11. The molecule has 0 fully saturated rings. The molecule has 0 aromatic heterocycles. The quantitative estimate of drug-likeness (QED) is 0.763. The maximum absolute atomic E-state index is 11.5. The Morgan fingerprint density at radius 2 is 2.12 bits per heavy atom. The molecule has 1 aromatic rings. The van der Waals surface area contributed by atoms with Gasteiger partial charge < -0.3 is 16.0 Å². The molecule has 17 heavy (non-hydrogen) atoms. The van der Waals surface area contributed by atoms with E-state index in [0.717, 1.165) is 11.3 Å². The minimum atomic E-state index is -0.0206. The number of likely N-dealkylation sites (N-methyl/N-ethyl adjacent to an activating group) is 2. The lowest BCUT2D eigenvalue weighted by atomic mass is 10.1. The number of nitrogens with zero attached hydrogens (tertiary/aromatic N) is 1. The Balaban J connectivity index is 2.85. The fourth-order valence-corrected chi connectivity index (χ4v) is 1.74. The second-order valence-electron chi connectivity index (χ2n) is 3.69. The maximum atomic E-state index is 11.5. The van der Waals surface area contributed by atoms with Crippen molar-refractivity contribution in [2.24, 2.45) is 5.73 Å². The van der Waals surface area contributed by atoms with Crippen molar-refractivity contribution >= 4 is 28.8 Å². The summed E-state index contributed by atoms with van der Waals surface area (Å²) in [5.41, 5.74) is 7.30. The molecule has 0 atom stereocenters. The second kappa shape index (κ2) is 6.20. The summed E-state index contributed by atoms with van der Waals surface area (Å²) < 4.78 is 0. The molecule has 1 amide bonds. The van der Waals surface area contributed by atoms with Gasteiger partial charge in [0.05, 0.1) is 6.54 Å². The molecule has 1 rings (SSSR count). The Morgan fingerprint density at radius 3 is 2.71 bits per heavy atom. The number of carbonyl (C=O) groups excluding carboxylic acids is 1. The van der Waals surface area contributed by atoms with Crippen molar-refractivity contribution < 1.29 is 4.79 Å². The third-order valence-electron chi connectivity index (χ3n) is 2.34. The minimum Gasteiger partial charge on any atom is -0.389 e. The highest BCUT2D eigenvalue weighted by Crippen LogP contribution is 2.18. The Kier molecular flexibility index (Phi) is 4.90. The van der Waals surface area contributed by atoms with Gasteiger partial charge in [-0.15, -0.1) is 0 Å². The summed E-state index contributed by atoms with van der Waals surface area (Å²) in [7, 11) is 1.84. The van der Waals surface area contributed by atoms with Gasteiger partial charge in [0.2, 0.25) is 5.91 Å². The lowest BCUT2D eigenvalue weighted by molar-refractivity contribution is -0.119. The van der Waals surface area contributed by atoms with E-state index in [1.807, 2.05) is 43.1 Å². The van der Waals surface area contributed by atoms with Crippen molar-refractivity contribution in [2.45, 2.75) is 6.92 Å². The van der Waals surface area contributed by atoms with Gasteiger partial charge in [-0.2, -0.15) is 0 Å². The van der Waals surface area contributed by atoms with Crippen LogP contribution in [0.4, 0.5) is 5.69 Å². The van der Waals surface area contributed by atoms with Gasteiger partial charge in [0, 0.05) is 24.8 Å². The molecule has 5 heteroatoms. The van der Waals surface area contributed by atoms with Crippen LogP contribution in [0.5, 0.6) is 0 Å². The standard InChI is InChI=1S/C12H17N3OS/c1-3-14-11(16)8-15(2)10-7-5-4-6-9(10)12(13)17/h4-7H,3,8H2,1-2H3,(H2,13,17)(H,14,16). The molecule has 0 radical (unpaired) electrons. The molecule has 4 nitrogen and oxygen atoms in total. The number of hydrogen-bond acceptors (Lipinski definition) is 3. The van der Waals surface area contributed by atoms with E-state index in [-0.39, 0.29) is 12.5 Å². The number of nitrogens with one attached hydrogen (secondary N) is 1. The van der Waals surface area contributed by atoms with Crippen molar-refractivity contribution in [1.29, 1.82) is 0 Å². The Labute approximate surface area is 107 Å². The van der Waals surface area contributed by atoms with Gasteiger partial charge in [-0.1, -0.05) is 24.4 Å². The molecule has 0 saturated heterocycles. The summed E-state index contributed by atoms with van der Waals surface area (Å²) in [5.74, 6) is -0.0206. The first-order valence-corrected chi connectivity index (χ1v) is 5.83. The molecular formula is C12H17N3OS. The van der Waals surface area contributed by atoms with Gasteiger partial charge in [0.25, 0.3) is 0 Å². The average molecular weight is 251 g/mol. The SMILES string of the molecule is CCNC(=O)CN(C)c1ccccc1C(N)=S. The fourth-order valence-electron chi connectivity index (χ4n) is 1.57. The van der Waals surface area contributed by atoms with Crippen molar-refractivity contribution in [1.82, 2.24) is 5.32 Å². The van der Waals surface area contributed by atoms with Gasteiger partial charge in [0.1, 0.15) is 4.99 Å². The minimum absolute atomic E-state index is 0.0206. The molecule has 0 aliphatic rings. The third kappa shape index (κ3) is 3.71. The Bertz CT molecular complexity index is 420. The van der Waals surface area contributed by atoms with Crippen LogP contribution in [0.15, 0.2) is 24.3 Å². The number of amides is 1. The lowest BCUT2D eigenvalue weighted by Gasteiger charge is -2.21. The van der Waals surface area contributed by atoms with E-state index in [1.54, 1.807) is 0 Å². The van der Waals surface area contributed by atoms with Gasteiger partial charge in [0.15, 0.2) is 0 Å². The third-order valence-corrected chi connectivity index (χ3v) is 2.56. The molecule has 0 unspecified atom stereocenters. The van der Waals surface area contributed by atoms with Crippen LogP contribution in [0, 0.1) is 0 Å². The van der Waals surface area contributed by atoms with E-state index in [2.05, 4.69) is 5.32 Å². The number of nitrogens with two attached hydrogens (primary N) is 1. The lowest BCUT2D eigenvalue weighted by Crippen LogP contribution is -2.35. The molecule has 3 N–H and O–H groups in total. The highest BCUT2D eigenvalue weighted by atomic mass is 32.1. The number of thiocarbonyl (C=S) groups is 1. The summed E-state index contributed by atoms with van der Waals surface area (Å²) in [6, 6.07) is 7.52. The van der Waals surface area contributed by atoms with Gasteiger partial charge in [-0.05, 0) is 19.1 Å². The monoisotopic (exact) mass is 251 g/mol. The molecule has 92 valence electrons. The van der Waals surface area contributed by atoms with E-state index in [1.165, 1.54) is 0 Å². The number of rotatable bonds is 5. The average Bonchev–Trinajstić information content (AvgIpc) is 2.29. The molecule has 0 saturated carbocycles. The van der Waals surface area contributed by atoms with E-state index >= 15 is 0 Å². The molecular weight excluding hydrogens is 234 g/mol. The van der Waals surface area contributed by atoms with Crippen LogP contribution in [-0.2, 0) is 4.79 Å². The van der Waals surface area contributed by atoms with E-state index in [0.29, 0.717) is 11.5 Å². The zero-order chi connectivity index (χ0) is 12.8. The van der Waals surface area contributed by atoms with Crippen molar-refractivity contribution in [2.75, 3.05) is 25.0 Å². The second-order valence-corrected chi connectivity index (χ2v) is 4.13. The van der Waals surface area contributed by atoms with Crippen LogP contribution in [0.1, 0.15) is 12.5 Å². The summed E-state index contributed by atoms with van der Waals surface area (Å²) in [4.78, 5) is 13.7. The van der Waals surface area contributed by atoms with E-state index < -0.39 is 0 Å². The van der Waals surface area contributed by atoms with Crippen LogP contribution in [0.2, 0.25) is 0 Å². The van der Waals surface area contributed by atoms with Crippen LogP contribution < -0.4 is 16.0 Å². The normalized spacial score (nSPS) is 9.76. The van der Waals surface area contributed by atoms with Crippen LogP contribution in [-0.4, -0.2) is 31.0 Å². The summed E-state index contributed by atoms with van der Waals surface area (Å²) >= 11 is 4.98. The molecule has 0 heterocycles. The number of hydrogen-bond donors (Lipinski definition) is 2. The molecule has 0 spiro atoms. The van der Waals surface area contributed by atoms with Crippen molar-refractivity contribution in [3.63, 3.8) is 0 Å². The van der Waals surface area contributed by atoms with E-state index in [9.17, 15) is 4.79 Å². The first-order chi connectivity index (χ1) is 8.06. The molecule has 0 bridgehead atoms. The van der Waals surface area contributed by atoms with Crippen LogP contribution in [0.3, 0.4) is 0 Å². The number of anilines is 1. The summed E-state index contributed by atoms with van der Waals surface area (Å²) in [6.45, 7) is 2.80. The number of benzene rings is 1. The van der Waals surface area contributed by atoms with E-state index in [4.69, 9.17) is 18.0 Å². The first-order valence-electron chi connectivity index (χ1n) is 5.43. The van der Waals surface area contributed by atoms with Crippen molar-refractivity contribution in [3.05, 3.63) is 29.8 Å². The predicted octanol–water partition coefficient (Wildman–Crippen LogP) is 0.893. The molecule has 0 aliphatic heterocycles. The number of carbonyl (C=O) groups is 1. The zero-order valence-electron chi connectivity index (χ0n) is 10.1. The zero-order valence-corrected chi connectivity index (χ0v) is 10.9. The van der Waals surface area contributed by atoms with Gasteiger partial charge >= 0.3 is 0 Å². The fraction of sp³-hybridized carbons (Fsp3) is 0.333. The van der Waals surface area contributed by atoms with Crippen LogP contribution in [0.25, 0.3) is 0 Å². The first kappa shape index (κ1) is 13.4. The van der Waals surface area contributed by atoms with Crippen LogP contribution >= 0.6 is 12.2 Å². The maximum Gasteiger partial charge on any atom is 0.239 e. The smallest absolute Gasteiger partial charge is 0.239 e. The van der Waals surface area contributed by atoms with Crippen molar-refractivity contribution in [3.8, 4) is 0 Å². The summed E-state index contributed by atoms with van der Waals surface area (Å²) in [6.07, 6.45) is 0. The Morgan fingerprint density at radius 1 is 1.47 bits per heavy atom. The predicted molar refractivity (Wildman–Crippen MR) is 74.3 cm³/mol. The summed E-state index contributed by atoms with van der Waals surface area (Å²) in [5, 5.41) is 2.75. The number of para-hydroxylation sites is 1. The Hall–Kier alpha value is -1.62. The highest BCUT2D eigenvalue weighted by molar-refractivity contribution is 7.80. The molecule has 0 aliphatic carbocycles. The topological polar surface area (TPSA) is 58.4 Å². The largest absolute Gasteiger partial charge is 0.389 e. The van der Waals surface area contributed by atoms with Gasteiger partial charge in [-0.25, -0.2) is 0 Å².